The highest BCUT2D eigenvalue weighted by atomic mass is 32.1. The van der Waals surface area contributed by atoms with Crippen molar-refractivity contribution in [3.8, 4) is 0 Å². The lowest BCUT2D eigenvalue weighted by atomic mass is 9.89. The van der Waals surface area contributed by atoms with Crippen LogP contribution in [-0.4, -0.2) is 20.9 Å². The first-order valence-corrected chi connectivity index (χ1v) is 9.99. The lowest BCUT2D eigenvalue weighted by Gasteiger charge is -2.17. The summed E-state index contributed by atoms with van der Waals surface area (Å²) in [6.07, 6.45) is 2.96. The molecule has 1 aliphatic carbocycles. The standard InChI is InChI=1S/C20H22N4O2S/c1-11-7-8-14-15(9-11)27-19-17(14)20(26)24(23-22-19)10-16(25)21-18-12(2)5-4-6-13(18)3/h4-6,11H,7-10H2,1-3H3,(H,21,25)/t11-/m0/s1. The summed E-state index contributed by atoms with van der Waals surface area (Å²) in [6, 6.07) is 5.84. The third-order valence-corrected chi connectivity index (χ3v) is 6.36. The van der Waals surface area contributed by atoms with Crippen molar-refractivity contribution in [2.75, 3.05) is 5.32 Å². The Balaban J connectivity index is 1.64. The number of fused-ring (bicyclic) bond motifs is 3. The zero-order valence-corrected chi connectivity index (χ0v) is 16.5. The molecule has 0 unspecified atom stereocenters. The van der Waals surface area contributed by atoms with Gasteiger partial charge in [-0.15, -0.1) is 16.4 Å². The number of aromatic nitrogens is 3. The van der Waals surface area contributed by atoms with Gasteiger partial charge in [0.25, 0.3) is 5.56 Å². The quantitative estimate of drug-likeness (QED) is 0.754. The first-order chi connectivity index (χ1) is 12.9. The van der Waals surface area contributed by atoms with Crippen LogP contribution in [0.3, 0.4) is 0 Å². The predicted octanol–water partition coefficient (Wildman–Crippen LogP) is 3.23. The fourth-order valence-corrected chi connectivity index (χ4v) is 5.04. The molecule has 2 aromatic heterocycles. The van der Waals surface area contributed by atoms with Gasteiger partial charge in [0.05, 0.1) is 5.39 Å². The number of rotatable bonds is 3. The number of carbonyl (C=O) groups is 1. The number of hydrogen-bond donors (Lipinski definition) is 1. The summed E-state index contributed by atoms with van der Waals surface area (Å²) in [5.41, 5.74) is 3.64. The van der Waals surface area contributed by atoms with Crippen LogP contribution in [0.4, 0.5) is 5.69 Å². The van der Waals surface area contributed by atoms with Crippen LogP contribution in [-0.2, 0) is 24.2 Å². The van der Waals surface area contributed by atoms with Crippen LogP contribution in [0.15, 0.2) is 23.0 Å². The van der Waals surface area contributed by atoms with Gasteiger partial charge in [0, 0.05) is 10.6 Å². The zero-order chi connectivity index (χ0) is 19.1. The third kappa shape index (κ3) is 3.27. The molecule has 1 aromatic carbocycles. The number of amides is 1. The second kappa shape index (κ2) is 6.88. The van der Waals surface area contributed by atoms with Crippen LogP contribution in [0.25, 0.3) is 10.2 Å². The van der Waals surface area contributed by atoms with Crippen LogP contribution in [0.5, 0.6) is 0 Å². The molecule has 140 valence electrons. The molecule has 0 saturated carbocycles. The van der Waals surface area contributed by atoms with Crippen molar-refractivity contribution in [1.82, 2.24) is 15.0 Å². The van der Waals surface area contributed by atoms with Gasteiger partial charge < -0.3 is 5.32 Å². The second-order valence-electron chi connectivity index (χ2n) is 7.40. The summed E-state index contributed by atoms with van der Waals surface area (Å²) in [4.78, 5) is 27.4. The van der Waals surface area contributed by atoms with E-state index in [4.69, 9.17) is 0 Å². The normalized spacial score (nSPS) is 16.3. The number of hydrogen-bond acceptors (Lipinski definition) is 5. The number of benzene rings is 1. The van der Waals surface area contributed by atoms with E-state index in [1.807, 2.05) is 32.0 Å². The Hall–Kier alpha value is -2.54. The number of aryl methyl sites for hydroxylation is 3. The lowest BCUT2D eigenvalue weighted by Crippen LogP contribution is -2.31. The van der Waals surface area contributed by atoms with E-state index < -0.39 is 0 Å². The average Bonchev–Trinajstić information content (AvgIpc) is 2.99. The van der Waals surface area contributed by atoms with Gasteiger partial charge in [-0.3, -0.25) is 9.59 Å². The zero-order valence-electron chi connectivity index (χ0n) is 15.7. The number of thiophene rings is 1. The minimum atomic E-state index is -0.277. The molecule has 7 heteroatoms. The highest BCUT2D eigenvalue weighted by molar-refractivity contribution is 7.18. The van der Waals surface area contributed by atoms with Gasteiger partial charge in [-0.1, -0.05) is 30.3 Å². The Morgan fingerprint density at radius 3 is 2.81 bits per heavy atom. The highest BCUT2D eigenvalue weighted by Crippen LogP contribution is 2.35. The molecule has 6 nitrogen and oxygen atoms in total. The lowest BCUT2D eigenvalue weighted by molar-refractivity contribution is -0.117. The molecule has 0 saturated heterocycles. The summed E-state index contributed by atoms with van der Waals surface area (Å²) < 4.78 is 1.18. The van der Waals surface area contributed by atoms with Gasteiger partial charge in [-0.05, 0) is 55.7 Å². The molecule has 0 spiro atoms. The third-order valence-electron chi connectivity index (χ3n) is 5.22. The van der Waals surface area contributed by atoms with E-state index in [2.05, 4.69) is 22.6 Å². The van der Waals surface area contributed by atoms with E-state index in [0.717, 1.165) is 41.6 Å². The second-order valence-corrected chi connectivity index (χ2v) is 8.48. The molecule has 1 N–H and O–H groups in total. The van der Waals surface area contributed by atoms with Gasteiger partial charge in [0.15, 0.2) is 4.83 Å². The van der Waals surface area contributed by atoms with Crippen LogP contribution >= 0.6 is 11.3 Å². The number of carbonyl (C=O) groups excluding carboxylic acids is 1. The highest BCUT2D eigenvalue weighted by Gasteiger charge is 2.24. The van der Waals surface area contributed by atoms with Crippen LogP contribution in [0.1, 0.15) is 34.9 Å². The number of anilines is 1. The Bertz CT molecular complexity index is 1080. The molecule has 1 atom stereocenters. The summed E-state index contributed by atoms with van der Waals surface area (Å²) in [6.45, 7) is 5.98. The van der Waals surface area contributed by atoms with Gasteiger partial charge in [0.1, 0.15) is 6.54 Å². The molecule has 1 amide bonds. The topological polar surface area (TPSA) is 76.9 Å². The van der Waals surface area contributed by atoms with Gasteiger partial charge >= 0.3 is 0 Å². The Kier molecular flexibility index (Phi) is 4.55. The van der Waals surface area contributed by atoms with Crippen molar-refractivity contribution in [2.24, 2.45) is 5.92 Å². The minimum absolute atomic E-state index is 0.142. The maximum Gasteiger partial charge on any atom is 0.279 e. The molecule has 0 aliphatic heterocycles. The Morgan fingerprint density at radius 1 is 1.33 bits per heavy atom. The molecule has 2 heterocycles. The predicted molar refractivity (Wildman–Crippen MR) is 107 cm³/mol. The summed E-state index contributed by atoms with van der Waals surface area (Å²) in [5.74, 6) is 0.352. The van der Waals surface area contributed by atoms with Crippen LogP contribution < -0.4 is 10.9 Å². The first kappa shape index (κ1) is 17.9. The Morgan fingerprint density at radius 2 is 2.07 bits per heavy atom. The summed E-state index contributed by atoms with van der Waals surface area (Å²) in [5, 5.41) is 11.8. The van der Waals surface area contributed by atoms with Crippen molar-refractivity contribution in [2.45, 2.75) is 46.6 Å². The molecular weight excluding hydrogens is 360 g/mol. The molecule has 1 aliphatic rings. The van der Waals surface area contributed by atoms with Crippen molar-refractivity contribution >= 4 is 33.1 Å². The largest absolute Gasteiger partial charge is 0.324 e. The first-order valence-electron chi connectivity index (χ1n) is 9.18. The monoisotopic (exact) mass is 382 g/mol. The van der Waals surface area contributed by atoms with Crippen molar-refractivity contribution in [3.05, 3.63) is 50.1 Å². The maximum atomic E-state index is 13.0. The summed E-state index contributed by atoms with van der Waals surface area (Å²) in [7, 11) is 0. The van der Waals surface area contributed by atoms with Crippen LogP contribution in [0, 0.1) is 19.8 Å². The van der Waals surface area contributed by atoms with E-state index in [9.17, 15) is 9.59 Å². The van der Waals surface area contributed by atoms with Crippen molar-refractivity contribution in [1.29, 1.82) is 0 Å². The molecule has 3 aromatic rings. The molecular formula is C20H22N4O2S. The van der Waals surface area contributed by atoms with E-state index in [1.165, 1.54) is 9.56 Å². The molecule has 4 rings (SSSR count). The molecule has 0 radical (unpaired) electrons. The number of nitrogens with zero attached hydrogens (tertiary/aromatic N) is 3. The van der Waals surface area contributed by atoms with Crippen molar-refractivity contribution in [3.63, 3.8) is 0 Å². The SMILES string of the molecule is Cc1cccc(C)c1NC(=O)Cn1nnc2sc3c(c2c1=O)CC[C@H](C)C3. The Labute approximate surface area is 161 Å². The van der Waals surface area contributed by atoms with Crippen molar-refractivity contribution < 1.29 is 4.79 Å². The smallest absolute Gasteiger partial charge is 0.279 e. The average molecular weight is 382 g/mol. The van der Waals surface area contributed by atoms with E-state index in [0.29, 0.717) is 16.1 Å². The number of nitrogens with one attached hydrogen (secondary N) is 1. The van der Waals surface area contributed by atoms with E-state index in [-0.39, 0.29) is 18.0 Å². The summed E-state index contributed by atoms with van der Waals surface area (Å²) >= 11 is 1.56. The van der Waals surface area contributed by atoms with E-state index in [1.54, 1.807) is 11.3 Å². The van der Waals surface area contributed by atoms with Gasteiger partial charge in [0.2, 0.25) is 5.91 Å². The van der Waals surface area contributed by atoms with Crippen LogP contribution in [0.2, 0.25) is 0 Å². The molecule has 27 heavy (non-hydrogen) atoms. The molecule has 0 fully saturated rings. The fraction of sp³-hybridized carbons (Fsp3) is 0.400. The van der Waals surface area contributed by atoms with Gasteiger partial charge in [-0.25, -0.2) is 4.68 Å². The van der Waals surface area contributed by atoms with Gasteiger partial charge in [-0.2, -0.15) is 0 Å². The van der Waals surface area contributed by atoms with E-state index >= 15 is 0 Å². The molecule has 0 bridgehead atoms. The fourth-order valence-electron chi connectivity index (χ4n) is 3.72. The maximum absolute atomic E-state index is 13.0. The number of para-hydroxylation sites is 1. The minimum Gasteiger partial charge on any atom is -0.324 e.